The van der Waals surface area contributed by atoms with Gasteiger partial charge in [-0.15, -0.1) is 0 Å². The molecule has 3 rings (SSSR count). The fourth-order valence-corrected chi connectivity index (χ4v) is 2.80. The number of hydrogen-bond donors (Lipinski definition) is 1. The topological polar surface area (TPSA) is 66.8 Å². The van der Waals surface area contributed by atoms with Crippen LogP contribution in [0.15, 0.2) is 48.5 Å². The van der Waals surface area contributed by atoms with E-state index in [1.54, 1.807) is 36.4 Å². The minimum Gasteiger partial charge on any atom is -0.488 e. The predicted molar refractivity (Wildman–Crippen MR) is 89.2 cm³/mol. The van der Waals surface area contributed by atoms with E-state index in [0.717, 1.165) is 5.56 Å². The first-order valence-electron chi connectivity index (χ1n) is 8.07. The Balaban J connectivity index is 1.73. The van der Waals surface area contributed by atoms with Gasteiger partial charge >= 0.3 is 5.97 Å². The summed E-state index contributed by atoms with van der Waals surface area (Å²) >= 11 is 0. The lowest BCUT2D eigenvalue weighted by atomic mass is 10.1. The van der Waals surface area contributed by atoms with Crippen molar-refractivity contribution < 1.29 is 28.2 Å². The second-order valence-corrected chi connectivity index (χ2v) is 6.16. The Morgan fingerprint density at radius 2 is 1.85 bits per heavy atom. The Hall–Kier alpha value is -2.96. The summed E-state index contributed by atoms with van der Waals surface area (Å²) in [7, 11) is 0. The van der Waals surface area contributed by atoms with Crippen molar-refractivity contribution in [3.05, 3.63) is 65.5 Å². The third-order valence-corrected chi connectivity index (χ3v) is 4.32. The molecule has 0 saturated carbocycles. The largest absolute Gasteiger partial charge is 0.488 e. The normalized spacial score (nSPS) is 19.4. The van der Waals surface area contributed by atoms with E-state index < -0.39 is 24.1 Å². The summed E-state index contributed by atoms with van der Waals surface area (Å²) < 4.78 is 32.8. The number of likely N-dealkylation sites (tertiary alicyclic amines) is 1. The van der Waals surface area contributed by atoms with E-state index in [9.17, 15) is 18.4 Å². The number of carbonyl (C=O) groups excluding carboxylic acids is 1. The Morgan fingerprint density at radius 1 is 1.15 bits per heavy atom. The zero-order valence-corrected chi connectivity index (χ0v) is 13.8. The molecule has 2 aromatic rings. The summed E-state index contributed by atoms with van der Waals surface area (Å²) in [5.74, 6) is -2.10. The van der Waals surface area contributed by atoms with Crippen LogP contribution in [-0.2, 0) is 11.4 Å². The third kappa shape index (κ3) is 3.66. The van der Waals surface area contributed by atoms with Crippen LogP contribution in [0.3, 0.4) is 0 Å². The van der Waals surface area contributed by atoms with Gasteiger partial charge < -0.3 is 14.7 Å². The maximum atomic E-state index is 14.2. The molecule has 1 atom stereocenters. The lowest BCUT2D eigenvalue weighted by molar-refractivity contribution is -0.149. The SMILES string of the molecule is O=C(c1ccccc1OCc1ccc(F)cc1)N1CCC(F)(C(=O)O)C1. The summed E-state index contributed by atoms with van der Waals surface area (Å²) in [6, 6.07) is 12.3. The predicted octanol–water partition coefficient (Wildman–Crippen LogP) is 3.04. The molecule has 0 aliphatic carbocycles. The summed E-state index contributed by atoms with van der Waals surface area (Å²) in [6.07, 6.45) is -0.243. The molecule has 2 aromatic carbocycles. The number of halogens is 2. The van der Waals surface area contributed by atoms with Gasteiger partial charge in [0.05, 0.1) is 12.1 Å². The second-order valence-electron chi connectivity index (χ2n) is 6.16. The molecular weight excluding hydrogens is 344 g/mol. The molecule has 0 aromatic heterocycles. The van der Waals surface area contributed by atoms with Gasteiger partial charge in [0.2, 0.25) is 5.67 Å². The van der Waals surface area contributed by atoms with Crippen LogP contribution in [0, 0.1) is 5.82 Å². The van der Waals surface area contributed by atoms with Crippen molar-refractivity contribution in [1.29, 1.82) is 0 Å². The van der Waals surface area contributed by atoms with Gasteiger partial charge in [-0.2, -0.15) is 0 Å². The zero-order valence-electron chi connectivity index (χ0n) is 13.8. The average Bonchev–Trinajstić information content (AvgIpc) is 3.05. The summed E-state index contributed by atoms with van der Waals surface area (Å²) in [4.78, 5) is 24.9. The van der Waals surface area contributed by atoms with E-state index in [0.29, 0.717) is 5.75 Å². The van der Waals surface area contributed by atoms with E-state index >= 15 is 0 Å². The van der Waals surface area contributed by atoms with Crippen LogP contribution in [0.25, 0.3) is 0 Å². The van der Waals surface area contributed by atoms with E-state index in [4.69, 9.17) is 9.84 Å². The summed E-state index contributed by atoms with van der Waals surface area (Å²) in [6.45, 7) is -0.339. The number of aliphatic carboxylic acids is 1. The zero-order chi connectivity index (χ0) is 18.7. The fourth-order valence-electron chi connectivity index (χ4n) is 2.80. The summed E-state index contributed by atoms with van der Waals surface area (Å²) in [5.41, 5.74) is -1.47. The second kappa shape index (κ2) is 7.11. The van der Waals surface area contributed by atoms with Crippen LogP contribution in [0.5, 0.6) is 5.75 Å². The number of benzene rings is 2. The van der Waals surface area contributed by atoms with Gasteiger partial charge in [-0.05, 0) is 29.8 Å². The van der Waals surface area contributed by atoms with Gasteiger partial charge in [0.15, 0.2) is 0 Å². The highest BCUT2D eigenvalue weighted by atomic mass is 19.1. The molecule has 1 saturated heterocycles. The van der Waals surface area contributed by atoms with Crippen LogP contribution in [0.2, 0.25) is 0 Å². The first-order valence-corrected chi connectivity index (χ1v) is 8.07. The molecule has 0 bridgehead atoms. The Bertz CT molecular complexity index is 825. The number of amides is 1. The maximum absolute atomic E-state index is 14.2. The van der Waals surface area contributed by atoms with Crippen LogP contribution in [0.4, 0.5) is 8.78 Å². The van der Waals surface area contributed by atoms with Crippen LogP contribution in [-0.4, -0.2) is 40.6 Å². The highest BCUT2D eigenvalue weighted by molar-refractivity contribution is 5.97. The first-order chi connectivity index (χ1) is 12.4. The molecule has 0 radical (unpaired) electrons. The van der Waals surface area contributed by atoms with Gasteiger partial charge in [0, 0.05) is 13.0 Å². The number of hydrogen-bond acceptors (Lipinski definition) is 3. The molecule has 1 amide bonds. The number of carboxylic acids is 1. The number of ether oxygens (including phenoxy) is 1. The summed E-state index contributed by atoms with van der Waals surface area (Å²) in [5, 5.41) is 8.96. The molecule has 26 heavy (non-hydrogen) atoms. The number of carboxylic acid groups (broad SMARTS) is 1. The Kier molecular flexibility index (Phi) is 4.88. The standard InChI is InChI=1S/C19H17F2NO4/c20-14-7-5-13(6-8-14)11-26-16-4-2-1-3-15(16)17(23)22-10-9-19(21,12-22)18(24)25/h1-8H,9-12H2,(H,24,25). The molecule has 1 unspecified atom stereocenters. The van der Waals surface area contributed by atoms with Gasteiger partial charge in [0.25, 0.3) is 5.91 Å². The molecule has 7 heteroatoms. The van der Waals surface area contributed by atoms with Crippen LogP contribution < -0.4 is 4.74 Å². The number of alkyl halides is 1. The molecule has 1 heterocycles. The van der Waals surface area contributed by atoms with E-state index in [1.807, 2.05) is 0 Å². The number of para-hydroxylation sites is 1. The smallest absolute Gasteiger partial charge is 0.343 e. The molecule has 136 valence electrons. The van der Waals surface area contributed by atoms with E-state index in [1.165, 1.54) is 17.0 Å². The molecule has 1 aliphatic heterocycles. The molecule has 1 fully saturated rings. The minimum absolute atomic E-state index is 0.0218. The number of carbonyl (C=O) groups is 2. The molecule has 1 N–H and O–H groups in total. The molecular formula is C19H17F2NO4. The van der Waals surface area contributed by atoms with E-state index in [-0.39, 0.29) is 31.0 Å². The fraction of sp³-hybridized carbons (Fsp3) is 0.263. The van der Waals surface area contributed by atoms with Crippen LogP contribution in [0.1, 0.15) is 22.3 Å². The highest BCUT2D eigenvalue weighted by Gasteiger charge is 2.47. The van der Waals surface area contributed by atoms with Crippen molar-refractivity contribution in [3.63, 3.8) is 0 Å². The maximum Gasteiger partial charge on any atom is 0.343 e. The van der Waals surface area contributed by atoms with Gasteiger partial charge in [-0.3, -0.25) is 4.79 Å². The van der Waals surface area contributed by atoms with E-state index in [2.05, 4.69) is 0 Å². The highest BCUT2D eigenvalue weighted by Crippen LogP contribution is 2.29. The Labute approximate surface area is 148 Å². The Morgan fingerprint density at radius 3 is 2.50 bits per heavy atom. The quantitative estimate of drug-likeness (QED) is 0.889. The minimum atomic E-state index is -2.42. The lowest BCUT2D eigenvalue weighted by Gasteiger charge is -2.19. The van der Waals surface area contributed by atoms with Gasteiger partial charge in [-0.1, -0.05) is 24.3 Å². The molecule has 0 spiro atoms. The van der Waals surface area contributed by atoms with Crippen LogP contribution >= 0.6 is 0 Å². The van der Waals surface area contributed by atoms with Crippen molar-refractivity contribution in [3.8, 4) is 5.75 Å². The van der Waals surface area contributed by atoms with Crippen molar-refractivity contribution in [2.75, 3.05) is 13.1 Å². The van der Waals surface area contributed by atoms with Crippen molar-refractivity contribution >= 4 is 11.9 Å². The van der Waals surface area contributed by atoms with Gasteiger partial charge in [0.1, 0.15) is 18.2 Å². The molecule has 1 aliphatic rings. The first kappa shape index (κ1) is 17.8. The van der Waals surface area contributed by atoms with Gasteiger partial charge in [-0.25, -0.2) is 13.6 Å². The van der Waals surface area contributed by atoms with Crippen molar-refractivity contribution in [2.24, 2.45) is 0 Å². The number of nitrogens with zero attached hydrogens (tertiary/aromatic N) is 1. The van der Waals surface area contributed by atoms with Crippen molar-refractivity contribution in [1.82, 2.24) is 4.90 Å². The lowest BCUT2D eigenvalue weighted by Crippen LogP contribution is -2.39. The van der Waals surface area contributed by atoms with Crippen molar-refractivity contribution in [2.45, 2.75) is 18.7 Å². The third-order valence-electron chi connectivity index (χ3n) is 4.32. The monoisotopic (exact) mass is 361 g/mol. The average molecular weight is 361 g/mol. The molecule has 5 nitrogen and oxygen atoms in total. The number of rotatable bonds is 5.